The predicted molar refractivity (Wildman–Crippen MR) is 133 cm³/mol. The summed E-state index contributed by atoms with van der Waals surface area (Å²) in [6, 6.07) is 7.79. The average molecular weight is 510 g/mol. The highest BCUT2D eigenvalue weighted by atomic mass is 79.9. The Morgan fingerprint density at radius 1 is 1.13 bits per heavy atom. The lowest BCUT2D eigenvalue weighted by molar-refractivity contribution is 0.0971. The molecule has 2 N–H and O–H groups in total. The zero-order valence-electron chi connectivity index (χ0n) is 18.8. The summed E-state index contributed by atoms with van der Waals surface area (Å²) < 4.78 is 6.47. The molecule has 1 aromatic carbocycles. The Hall–Kier alpha value is -1.90. The molecular formula is C23H33BrN4O2S. The topological polar surface area (TPSA) is 68.7 Å². The molecule has 0 aliphatic rings. The zero-order chi connectivity index (χ0) is 22.8. The van der Waals surface area contributed by atoms with E-state index in [9.17, 15) is 4.79 Å². The van der Waals surface area contributed by atoms with Gasteiger partial charge in [0.1, 0.15) is 5.75 Å². The number of carbonyl (C=O) groups excluding carboxylic acids is 1. The van der Waals surface area contributed by atoms with Crippen LogP contribution in [0.3, 0.4) is 0 Å². The Morgan fingerprint density at radius 3 is 2.52 bits per heavy atom. The van der Waals surface area contributed by atoms with E-state index in [4.69, 9.17) is 10.1 Å². The molecule has 0 spiro atoms. The van der Waals surface area contributed by atoms with E-state index in [0.717, 1.165) is 59.7 Å². The fourth-order valence-corrected chi connectivity index (χ4v) is 4.70. The van der Waals surface area contributed by atoms with Gasteiger partial charge < -0.3 is 14.5 Å². The van der Waals surface area contributed by atoms with Crippen molar-refractivity contribution >= 4 is 39.1 Å². The van der Waals surface area contributed by atoms with E-state index in [2.05, 4.69) is 46.1 Å². The lowest BCUT2D eigenvalue weighted by Gasteiger charge is -2.27. The highest BCUT2D eigenvalue weighted by Gasteiger charge is 2.18. The van der Waals surface area contributed by atoms with Gasteiger partial charge in [0.25, 0.3) is 5.91 Å². The lowest BCUT2D eigenvalue weighted by Crippen LogP contribution is -2.46. The largest absolute Gasteiger partial charge is 0.496 e. The van der Waals surface area contributed by atoms with Crippen LogP contribution in [0.2, 0.25) is 0 Å². The van der Waals surface area contributed by atoms with Crippen LogP contribution in [-0.2, 0) is 12.8 Å². The fraction of sp³-hybridized carbons (Fsp3) is 0.478. The summed E-state index contributed by atoms with van der Waals surface area (Å²) in [5.41, 5.74) is 1.74. The third-order valence-corrected chi connectivity index (χ3v) is 6.84. The van der Waals surface area contributed by atoms with Crippen molar-refractivity contribution in [3.8, 4) is 5.75 Å². The number of hydrogen-bond acceptors (Lipinski definition) is 5. The maximum atomic E-state index is 12.9. The smallest absolute Gasteiger partial charge is 0.259 e. The van der Waals surface area contributed by atoms with E-state index < -0.39 is 0 Å². The normalized spacial score (nSPS) is 10.9. The summed E-state index contributed by atoms with van der Waals surface area (Å²) in [5.74, 6) is 0.786. The molecule has 0 unspecified atom stereocenters. The van der Waals surface area contributed by atoms with Crippen molar-refractivity contribution in [2.45, 2.75) is 33.6 Å². The Bertz CT molecular complexity index is 867. The number of nitrogens with zero attached hydrogens (tertiary/aromatic N) is 2. The van der Waals surface area contributed by atoms with Crippen molar-refractivity contribution in [1.29, 1.82) is 5.41 Å². The summed E-state index contributed by atoms with van der Waals surface area (Å²) in [4.78, 5) is 18.1. The van der Waals surface area contributed by atoms with Crippen molar-refractivity contribution in [3.63, 3.8) is 0 Å². The van der Waals surface area contributed by atoms with Crippen molar-refractivity contribution in [2.24, 2.45) is 0 Å². The number of benzene rings is 1. The molecule has 2 aromatic rings. The molecule has 170 valence electrons. The van der Waals surface area contributed by atoms with E-state index in [1.165, 1.54) is 0 Å². The first kappa shape index (κ1) is 25.4. The molecule has 31 heavy (non-hydrogen) atoms. The van der Waals surface area contributed by atoms with Crippen LogP contribution in [0, 0.1) is 5.41 Å². The highest BCUT2D eigenvalue weighted by Crippen LogP contribution is 2.26. The van der Waals surface area contributed by atoms with Crippen molar-refractivity contribution in [1.82, 2.24) is 15.1 Å². The lowest BCUT2D eigenvalue weighted by atomic mass is 10.1. The van der Waals surface area contributed by atoms with Gasteiger partial charge in [-0.05, 0) is 68.1 Å². The monoisotopic (exact) mass is 508 g/mol. The number of likely N-dealkylation sites (N-methyl/N-ethyl adjacent to an activating group) is 2. The molecule has 0 saturated heterocycles. The Labute approximate surface area is 198 Å². The molecule has 0 aliphatic carbocycles. The van der Waals surface area contributed by atoms with E-state index >= 15 is 0 Å². The number of carbonyl (C=O) groups is 1. The van der Waals surface area contributed by atoms with Crippen LogP contribution in [0.25, 0.3) is 0 Å². The summed E-state index contributed by atoms with van der Waals surface area (Å²) in [7, 11) is 1.67. The van der Waals surface area contributed by atoms with Crippen LogP contribution < -0.4 is 10.1 Å². The quantitative estimate of drug-likeness (QED) is 0.342. The minimum atomic E-state index is -0.219. The van der Waals surface area contributed by atoms with Crippen LogP contribution in [0.4, 0.5) is 0 Å². The second kappa shape index (κ2) is 12.8. The summed E-state index contributed by atoms with van der Waals surface area (Å²) in [5, 5.41) is 13.1. The SMILES string of the molecule is CCN(CC)CCN(CC)C(=N)NC(=O)c1ccsc1CCc1cc(Br)ccc1OC. The molecule has 1 amide bonds. The summed E-state index contributed by atoms with van der Waals surface area (Å²) >= 11 is 5.08. The number of hydrogen-bond donors (Lipinski definition) is 2. The van der Waals surface area contributed by atoms with Gasteiger partial charge in [-0.2, -0.15) is 0 Å². The first-order chi connectivity index (χ1) is 14.9. The third-order valence-electron chi connectivity index (χ3n) is 5.36. The number of amides is 1. The molecular weight excluding hydrogens is 476 g/mol. The van der Waals surface area contributed by atoms with Gasteiger partial charge in [-0.1, -0.05) is 29.8 Å². The molecule has 0 saturated carbocycles. The second-order valence-electron chi connectivity index (χ2n) is 7.12. The number of rotatable bonds is 11. The van der Waals surface area contributed by atoms with Crippen molar-refractivity contribution in [2.75, 3.05) is 39.8 Å². The van der Waals surface area contributed by atoms with Gasteiger partial charge in [0.15, 0.2) is 5.96 Å². The van der Waals surface area contributed by atoms with Gasteiger partial charge in [0, 0.05) is 29.0 Å². The molecule has 2 rings (SSSR count). The van der Waals surface area contributed by atoms with Crippen LogP contribution in [0.1, 0.15) is 41.6 Å². The molecule has 0 atom stereocenters. The molecule has 0 aliphatic heterocycles. The number of methoxy groups -OCH3 is 1. The van der Waals surface area contributed by atoms with Gasteiger partial charge in [0.2, 0.25) is 0 Å². The van der Waals surface area contributed by atoms with E-state index in [1.54, 1.807) is 18.4 Å². The van der Waals surface area contributed by atoms with E-state index in [-0.39, 0.29) is 11.9 Å². The predicted octanol–water partition coefficient (Wildman–Crippen LogP) is 4.63. The first-order valence-electron chi connectivity index (χ1n) is 10.7. The van der Waals surface area contributed by atoms with Gasteiger partial charge in [-0.15, -0.1) is 11.3 Å². The maximum Gasteiger partial charge on any atom is 0.259 e. The average Bonchev–Trinajstić information content (AvgIpc) is 3.24. The first-order valence-corrected chi connectivity index (χ1v) is 12.4. The number of ether oxygens (including phenoxy) is 1. The molecule has 1 aromatic heterocycles. The number of guanidine groups is 1. The Balaban J connectivity index is 2.00. The summed E-state index contributed by atoms with van der Waals surface area (Å²) in [6.07, 6.45) is 1.51. The highest BCUT2D eigenvalue weighted by molar-refractivity contribution is 9.10. The van der Waals surface area contributed by atoms with E-state index in [0.29, 0.717) is 12.1 Å². The number of aryl methyl sites for hydroxylation is 2. The molecule has 0 radical (unpaired) electrons. The number of halogens is 1. The number of thiophene rings is 1. The van der Waals surface area contributed by atoms with Gasteiger partial charge in [0.05, 0.1) is 12.7 Å². The van der Waals surface area contributed by atoms with Crippen molar-refractivity contribution < 1.29 is 9.53 Å². The van der Waals surface area contributed by atoms with Crippen LogP contribution in [0.5, 0.6) is 5.75 Å². The van der Waals surface area contributed by atoms with E-state index in [1.807, 2.05) is 35.4 Å². The van der Waals surface area contributed by atoms with Gasteiger partial charge in [-0.3, -0.25) is 15.5 Å². The Morgan fingerprint density at radius 2 is 1.87 bits per heavy atom. The standard InChI is InChI=1S/C23H33BrN4O2S/c1-5-27(6-2)13-14-28(7-3)23(25)26-22(29)19-12-15-31-21(19)11-8-17-16-18(24)9-10-20(17)30-4/h9-10,12,15-16H,5-8,11,13-14H2,1-4H3,(H2,25,26,29). The van der Waals surface area contributed by atoms with Gasteiger partial charge in [-0.25, -0.2) is 0 Å². The molecule has 0 fully saturated rings. The molecule has 6 nitrogen and oxygen atoms in total. The zero-order valence-corrected chi connectivity index (χ0v) is 21.2. The fourth-order valence-electron chi connectivity index (χ4n) is 3.41. The minimum Gasteiger partial charge on any atom is -0.496 e. The molecule has 8 heteroatoms. The van der Waals surface area contributed by atoms with Gasteiger partial charge >= 0.3 is 0 Å². The summed E-state index contributed by atoms with van der Waals surface area (Å²) in [6.45, 7) is 10.5. The third kappa shape index (κ3) is 7.33. The second-order valence-corrected chi connectivity index (χ2v) is 9.04. The molecule has 0 bridgehead atoms. The van der Waals surface area contributed by atoms with Crippen LogP contribution >= 0.6 is 27.3 Å². The molecule has 1 heterocycles. The van der Waals surface area contributed by atoms with Crippen molar-refractivity contribution in [3.05, 3.63) is 50.1 Å². The Kier molecular flexibility index (Phi) is 10.5. The maximum absolute atomic E-state index is 12.9. The van der Waals surface area contributed by atoms with Crippen LogP contribution in [0.15, 0.2) is 34.1 Å². The minimum absolute atomic E-state index is 0.158. The number of nitrogens with one attached hydrogen (secondary N) is 2. The van der Waals surface area contributed by atoms with Crippen LogP contribution in [-0.4, -0.2) is 61.5 Å².